The predicted octanol–water partition coefficient (Wildman–Crippen LogP) is -2.62. The molecule has 1 aromatic rings. The van der Waals surface area contributed by atoms with E-state index in [-0.39, 0.29) is 16.7 Å². The second kappa shape index (κ2) is 7.42. The van der Waals surface area contributed by atoms with E-state index in [1.165, 1.54) is 12.1 Å². The maximum Gasteiger partial charge on any atom is 0.266 e. The molecule has 22 heavy (non-hydrogen) atoms. The van der Waals surface area contributed by atoms with Crippen molar-refractivity contribution in [2.75, 3.05) is 6.61 Å². The Morgan fingerprint density at radius 1 is 1.18 bits per heavy atom. The van der Waals surface area contributed by atoms with Crippen molar-refractivity contribution in [3.05, 3.63) is 29.8 Å². The molecule has 0 aromatic heterocycles. The van der Waals surface area contributed by atoms with Gasteiger partial charge in [-0.2, -0.15) is 0 Å². The number of carbonyl (C=O) groups is 2. The number of fused-ring (bicyclic) bond motifs is 1. The van der Waals surface area contributed by atoms with Crippen LogP contribution < -0.4 is 4.72 Å². The number of sulfonamides is 1. The number of aliphatic hydroxyl groups is 4. The lowest BCUT2D eigenvalue weighted by atomic mass is 10.1. The molecule has 0 bridgehead atoms. The Morgan fingerprint density at radius 2 is 1.77 bits per heavy atom. The molecule has 0 saturated heterocycles. The molecule has 122 valence electrons. The third-order valence-corrected chi connectivity index (χ3v) is 4.11. The Balaban J connectivity index is 0.000000225. The second-order valence-electron chi connectivity index (χ2n) is 4.30. The molecule has 10 heteroatoms. The summed E-state index contributed by atoms with van der Waals surface area (Å²) in [6.07, 6.45) is -4.63. The summed E-state index contributed by atoms with van der Waals surface area (Å²) in [6, 6.07) is 6.09. The van der Waals surface area contributed by atoms with Crippen molar-refractivity contribution in [2.24, 2.45) is 0 Å². The molecule has 0 fully saturated rings. The van der Waals surface area contributed by atoms with Gasteiger partial charge in [0, 0.05) is 0 Å². The minimum atomic E-state index is -3.55. The van der Waals surface area contributed by atoms with Gasteiger partial charge in [-0.25, -0.2) is 13.1 Å². The van der Waals surface area contributed by atoms with E-state index in [1.54, 1.807) is 12.1 Å². The number of benzene rings is 1. The molecule has 0 unspecified atom stereocenters. The van der Waals surface area contributed by atoms with Crippen molar-refractivity contribution in [2.45, 2.75) is 23.2 Å². The Kier molecular flexibility index (Phi) is 6.14. The van der Waals surface area contributed by atoms with E-state index in [0.717, 1.165) is 0 Å². The van der Waals surface area contributed by atoms with Gasteiger partial charge in [0.2, 0.25) is 0 Å². The molecule has 1 aromatic carbocycles. The number of hydrogen-bond acceptors (Lipinski definition) is 8. The summed E-state index contributed by atoms with van der Waals surface area (Å²) in [5, 5.41) is 34.1. The third-order valence-electron chi connectivity index (χ3n) is 2.72. The lowest BCUT2D eigenvalue weighted by Gasteiger charge is -2.16. The first-order chi connectivity index (χ1) is 10.2. The number of carbonyl (C=O) groups excluding carboxylic acids is 2. The highest BCUT2D eigenvalue weighted by molar-refractivity contribution is 7.90. The minimum absolute atomic E-state index is 0.0648. The van der Waals surface area contributed by atoms with E-state index >= 15 is 0 Å². The smallest absolute Gasteiger partial charge is 0.266 e. The van der Waals surface area contributed by atoms with Gasteiger partial charge in [0.25, 0.3) is 15.9 Å². The highest BCUT2D eigenvalue weighted by atomic mass is 32.2. The summed E-state index contributed by atoms with van der Waals surface area (Å²) in [5.41, 5.74) is 0.220. The number of hydrogen-bond donors (Lipinski definition) is 5. The number of amides is 1. The maximum atomic E-state index is 11.1. The van der Waals surface area contributed by atoms with Crippen molar-refractivity contribution < 1.29 is 38.4 Å². The Morgan fingerprint density at radius 3 is 2.27 bits per heavy atom. The molecule has 1 heterocycles. The average molecular weight is 333 g/mol. The van der Waals surface area contributed by atoms with Gasteiger partial charge in [-0.15, -0.1) is 0 Å². The van der Waals surface area contributed by atoms with Crippen LogP contribution in [-0.2, 0) is 14.8 Å². The number of nitrogens with one attached hydrogen (secondary N) is 1. The van der Waals surface area contributed by atoms with E-state index in [1.807, 2.05) is 4.72 Å². The van der Waals surface area contributed by atoms with Crippen LogP contribution in [0.2, 0.25) is 0 Å². The van der Waals surface area contributed by atoms with Crippen LogP contribution in [0.3, 0.4) is 0 Å². The molecule has 9 nitrogen and oxygen atoms in total. The predicted molar refractivity (Wildman–Crippen MR) is 72.3 cm³/mol. The molecule has 1 aliphatic rings. The van der Waals surface area contributed by atoms with E-state index in [2.05, 4.69) is 0 Å². The molecule has 3 atom stereocenters. The second-order valence-corrected chi connectivity index (χ2v) is 5.95. The Bertz CT molecular complexity index is 644. The van der Waals surface area contributed by atoms with E-state index in [4.69, 9.17) is 20.4 Å². The normalized spacial score (nSPS) is 19.0. The van der Waals surface area contributed by atoms with Gasteiger partial charge in [0.1, 0.15) is 23.2 Å². The van der Waals surface area contributed by atoms with Gasteiger partial charge in [0.05, 0.1) is 12.2 Å². The highest BCUT2D eigenvalue weighted by Crippen LogP contribution is 2.20. The molecule has 0 radical (unpaired) electrons. The van der Waals surface area contributed by atoms with Crippen LogP contribution in [0.1, 0.15) is 10.4 Å². The SMILES string of the molecule is O=C1NS(=O)(=O)c2ccccc21.O=C[C@H](O)[C@@H](O)[C@H](O)CO. The maximum absolute atomic E-state index is 11.1. The van der Waals surface area contributed by atoms with Crippen LogP contribution >= 0.6 is 0 Å². The van der Waals surface area contributed by atoms with Crippen molar-refractivity contribution in [1.29, 1.82) is 0 Å². The van der Waals surface area contributed by atoms with Gasteiger partial charge in [-0.1, -0.05) is 12.1 Å². The average Bonchev–Trinajstić information content (AvgIpc) is 2.75. The summed E-state index contributed by atoms with van der Waals surface area (Å²) in [6.45, 7) is -0.688. The van der Waals surface area contributed by atoms with Gasteiger partial charge in [-0.05, 0) is 12.1 Å². The summed E-state index contributed by atoms with van der Waals surface area (Å²) < 4.78 is 24.2. The number of aliphatic hydroxyl groups excluding tert-OH is 4. The Hall–Kier alpha value is -1.85. The van der Waals surface area contributed by atoms with E-state index < -0.39 is 40.8 Å². The fourth-order valence-electron chi connectivity index (χ4n) is 1.54. The van der Waals surface area contributed by atoms with Crippen molar-refractivity contribution in [3.63, 3.8) is 0 Å². The molecule has 2 rings (SSSR count). The Labute approximate surface area is 125 Å². The first kappa shape index (κ1) is 18.2. The van der Waals surface area contributed by atoms with Crippen LogP contribution in [0.4, 0.5) is 0 Å². The lowest BCUT2D eigenvalue weighted by Crippen LogP contribution is -2.40. The van der Waals surface area contributed by atoms with Crippen molar-refractivity contribution in [1.82, 2.24) is 4.72 Å². The minimum Gasteiger partial charge on any atom is -0.394 e. The summed E-state index contributed by atoms with van der Waals surface area (Å²) >= 11 is 0. The zero-order chi connectivity index (χ0) is 16.9. The van der Waals surface area contributed by atoms with Crippen LogP contribution in [0.25, 0.3) is 0 Å². The molecule has 5 N–H and O–H groups in total. The van der Waals surface area contributed by atoms with Crippen LogP contribution in [0, 0.1) is 0 Å². The standard InChI is InChI=1S/C7H5NO3S.C5H10O5/c9-7-5-3-1-2-4-6(5)12(10,11)8-7;6-1-3(8)5(10)4(9)2-7/h1-4H,(H,8,9);1,3-5,7-10H,2H2/t;3-,4+,5+/m.0/s1. The molecular weight excluding hydrogens is 318 g/mol. The van der Waals surface area contributed by atoms with Gasteiger partial charge < -0.3 is 25.2 Å². The zero-order valence-electron chi connectivity index (χ0n) is 11.2. The molecule has 0 aliphatic carbocycles. The lowest BCUT2D eigenvalue weighted by molar-refractivity contribution is -0.127. The van der Waals surface area contributed by atoms with Gasteiger partial charge >= 0.3 is 0 Å². The van der Waals surface area contributed by atoms with Crippen molar-refractivity contribution >= 4 is 22.2 Å². The zero-order valence-corrected chi connectivity index (χ0v) is 12.0. The quantitative estimate of drug-likeness (QED) is 0.374. The van der Waals surface area contributed by atoms with E-state index in [9.17, 15) is 18.0 Å². The molecular formula is C12H15NO8S. The third kappa shape index (κ3) is 4.08. The van der Waals surface area contributed by atoms with Crippen LogP contribution in [0.5, 0.6) is 0 Å². The topological polar surface area (TPSA) is 161 Å². The fourth-order valence-corrected chi connectivity index (χ4v) is 2.71. The first-order valence-electron chi connectivity index (χ1n) is 6.01. The van der Waals surface area contributed by atoms with Crippen LogP contribution in [-0.4, -0.2) is 66.0 Å². The molecule has 1 aliphatic heterocycles. The first-order valence-corrected chi connectivity index (χ1v) is 7.49. The van der Waals surface area contributed by atoms with Crippen molar-refractivity contribution in [3.8, 4) is 0 Å². The summed E-state index contributed by atoms with van der Waals surface area (Å²) in [7, 11) is -3.55. The largest absolute Gasteiger partial charge is 0.394 e. The number of aldehydes is 1. The molecule has 0 saturated carbocycles. The monoisotopic (exact) mass is 333 g/mol. The van der Waals surface area contributed by atoms with Gasteiger partial charge in [0.15, 0.2) is 6.29 Å². The summed E-state index contributed by atoms with van der Waals surface area (Å²) in [4.78, 5) is 20.8. The molecule has 0 spiro atoms. The fraction of sp³-hybridized carbons (Fsp3) is 0.333. The van der Waals surface area contributed by atoms with E-state index in [0.29, 0.717) is 0 Å². The van der Waals surface area contributed by atoms with Crippen LogP contribution in [0.15, 0.2) is 29.2 Å². The summed E-state index contributed by atoms with van der Waals surface area (Å²) in [5.74, 6) is -0.550. The highest BCUT2D eigenvalue weighted by Gasteiger charge is 2.31. The molecule has 1 amide bonds. The van der Waals surface area contributed by atoms with Gasteiger partial charge in [-0.3, -0.25) is 4.79 Å². The number of rotatable bonds is 4.